The molecule has 1 atom stereocenters. The van der Waals surface area contributed by atoms with Crippen molar-refractivity contribution in [3.63, 3.8) is 0 Å². The number of amides is 1. The fourth-order valence-electron chi connectivity index (χ4n) is 3.08. The zero-order valence-electron chi connectivity index (χ0n) is 11.8. The molecule has 0 aliphatic carbocycles. The van der Waals surface area contributed by atoms with E-state index in [0.717, 1.165) is 27.4 Å². The molecule has 2 aliphatic rings. The normalized spacial score (nSPS) is 27.0. The second-order valence-corrected chi connectivity index (χ2v) is 7.92. The van der Waals surface area contributed by atoms with Gasteiger partial charge in [-0.25, -0.2) is 0 Å². The highest BCUT2D eigenvalue weighted by molar-refractivity contribution is 7.18. The molecule has 1 amide bonds. The van der Waals surface area contributed by atoms with Crippen LogP contribution < -0.4 is 10.6 Å². The van der Waals surface area contributed by atoms with E-state index in [-0.39, 0.29) is 17.0 Å². The first-order valence-corrected chi connectivity index (χ1v) is 7.44. The average molecular weight is 280 g/mol. The lowest BCUT2D eigenvalue weighted by atomic mass is 9.83. The monoisotopic (exact) mass is 280 g/mol. The minimum atomic E-state index is -0.479. The molecule has 19 heavy (non-hydrogen) atoms. The molecular weight excluding hydrogens is 260 g/mol. The molecule has 3 rings (SSSR count). The molecule has 0 spiro atoms. The molecule has 1 unspecified atom stereocenters. The predicted molar refractivity (Wildman–Crippen MR) is 76.8 cm³/mol. The van der Waals surface area contributed by atoms with Gasteiger partial charge in [0.15, 0.2) is 0 Å². The molecule has 2 aliphatic heterocycles. The third-order valence-electron chi connectivity index (χ3n) is 3.81. The second kappa shape index (κ2) is 3.73. The molecule has 5 heteroatoms. The zero-order valence-corrected chi connectivity index (χ0v) is 12.6. The van der Waals surface area contributed by atoms with Gasteiger partial charge in [-0.05, 0) is 39.7 Å². The molecule has 0 radical (unpaired) electrons. The number of carbonyl (C=O) groups is 1. The summed E-state index contributed by atoms with van der Waals surface area (Å²) in [6, 6.07) is 0. The summed E-state index contributed by atoms with van der Waals surface area (Å²) < 4.78 is 0. The number of hydrogen-bond donors (Lipinski definition) is 3. The van der Waals surface area contributed by atoms with E-state index in [9.17, 15) is 9.90 Å². The Labute approximate surface area is 117 Å². The third kappa shape index (κ3) is 2.05. The van der Waals surface area contributed by atoms with E-state index in [1.807, 2.05) is 13.8 Å². The van der Waals surface area contributed by atoms with Crippen molar-refractivity contribution in [3.8, 4) is 0 Å². The van der Waals surface area contributed by atoms with Crippen LogP contribution in [0.25, 0.3) is 0 Å². The molecule has 104 valence electrons. The van der Waals surface area contributed by atoms with E-state index in [2.05, 4.69) is 24.5 Å². The zero-order chi connectivity index (χ0) is 14.0. The topological polar surface area (TPSA) is 61.4 Å². The summed E-state index contributed by atoms with van der Waals surface area (Å²) in [6.45, 7) is 8.18. The number of carbonyl (C=O) groups excluding carboxylic acids is 1. The van der Waals surface area contributed by atoms with Gasteiger partial charge in [0.25, 0.3) is 5.91 Å². The first-order chi connectivity index (χ1) is 8.69. The summed E-state index contributed by atoms with van der Waals surface area (Å²) in [7, 11) is 0. The van der Waals surface area contributed by atoms with Gasteiger partial charge in [-0.1, -0.05) is 0 Å². The van der Waals surface area contributed by atoms with Crippen molar-refractivity contribution in [2.24, 2.45) is 0 Å². The first-order valence-electron chi connectivity index (χ1n) is 6.63. The quantitative estimate of drug-likeness (QED) is 0.684. The van der Waals surface area contributed by atoms with Gasteiger partial charge in [-0.3, -0.25) is 4.79 Å². The van der Waals surface area contributed by atoms with Crippen LogP contribution in [0.5, 0.6) is 0 Å². The Kier molecular flexibility index (Phi) is 2.54. The van der Waals surface area contributed by atoms with Crippen LogP contribution in [0.4, 0.5) is 5.00 Å². The lowest BCUT2D eigenvalue weighted by Gasteiger charge is -2.36. The minimum absolute atomic E-state index is 0.0162. The Hall–Kier alpha value is -1.07. The second-order valence-electron chi connectivity index (χ2n) is 6.90. The fourth-order valence-corrected chi connectivity index (χ4v) is 4.43. The van der Waals surface area contributed by atoms with Crippen LogP contribution in [0, 0.1) is 0 Å². The number of hydrogen-bond acceptors (Lipinski definition) is 4. The maximum atomic E-state index is 12.2. The molecule has 0 fully saturated rings. The van der Waals surface area contributed by atoms with Crippen molar-refractivity contribution in [3.05, 3.63) is 16.0 Å². The van der Waals surface area contributed by atoms with E-state index in [1.165, 1.54) is 11.3 Å². The number of thiophene rings is 1. The van der Waals surface area contributed by atoms with Gasteiger partial charge in [-0.15, -0.1) is 11.3 Å². The molecule has 4 nitrogen and oxygen atoms in total. The highest BCUT2D eigenvalue weighted by Gasteiger charge is 2.40. The Morgan fingerprint density at radius 2 is 1.89 bits per heavy atom. The summed E-state index contributed by atoms with van der Waals surface area (Å²) in [4.78, 5) is 12.9. The number of aliphatic hydroxyl groups is 1. The largest absolute Gasteiger partial charge is 0.388 e. The number of anilines is 1. The number of rotatable bonds is 0. The molecule has 1 aromatic heterocycles. The van der Waals surface area contributed by atoms with Gasteiger partial charge in [0, 0.05) is 23.1 Å². The lowest BCUT2D eigenvalue weighted by Crippen LogP contribution is -2.49. The Bertz CT molecular complexity index is 560. The van der Waals surface area contributed by atoms with E-state index in [4.69, 9.17) is 0 Å². The molecule has 0 saturated carbocycles. The Balaban J connectivity index is 2.13. The van der Waals surface area contributed by atoms with Crippen LogP contribution >= 0.6 is 11.3 Å². The molecule has 3 heterocycles. The summed E-state index contributed by atoms with van der Waals surface area (Å²) in [6.07, 6.45) is 0.970. The van der Waals surface area contributed by atoms with Gasteiger partial charge in [-0.2, -0.15) is 0 Å². The van der Waals surface area contributed by atoms with Gasteiger partial charge < -0.3 is 15.7 Å². The van der Waals surface area contributed by atoms with Crippen molar-refractivity contribution in [1.82, 2.24) is 5.32 Å². The highest BCUT2D eigenvalue weighted by atomic mass is 32.1. The van der Waals surface area contributed by atoms with Crippen molar-refractivity contribution in [2.45, 2.75) is 57.7 Å². The van der Waals surface area contributed by atoms with Crippen molar-refractivity contribution >= 4 is 22.2 Å². The summed E-state index contributed by atoms with van der Waals surface area (Å²) in [5.41, 5.74) is 1.60. The summed E-state index contributed by atoms with van der Waals surface area (Å²) >= 11 is 1.47. The van der Waals surface area contributed by atoms with Gasteiger partial charge in [0.1, 0.15) is 0 Å². The first kappa shape index (κ1) is 12.9. The van der Waals surface area contributed by atoms with E-state index in [0.29, 0.717) is 6.42 Å². The Morgan fingerprint density at radius 3 is 2.58 bits per heavy atom. The van der Waals surface area contributed by atoms with Crippen LogP contribution in [0.2, 0.25) is 0 Å². The summed E-state index contributed by atoms with van der Waals surface area (Å²) in [5.74, 6) is -0.0162. The number of fused-ring (bicyclic) bond motifs is 3. The van der Waals surface area contributed by atoms with E-state index >= 15 is 0 Å². The molecule has 0 aromatic carbocycles. The number of nitrogens with one attached hydrogen (secondary N) is 2. The molecular formula is C14H20N2O2S. The summed E-state index contributed by atoms with van der Waals surface area (Å²) in [5, 5.41) is 17.9. The van der Waals surface area contributed by atoms with E-state index in [1.54, 1.807) is 0 Å². The van der Waals surface area contributed by atoms with E-state index < -0.39 is 6.10 Å². The van der Waals surface area contributed by atoms with Crippen molar-refractivity contribution in [1.29, 1.82) is 0 Å². The smallest absolute Gasteiger partial charge is 0.262 e. The number of aliphatic hydroxyl groups excluding tert-OH is 1. The fraction of sp³-hybridized carbons (Fsp3) is 0.643. The van der Waals surface area contributed by atoms with Crippen molar-refractivity contribution < 1.29 is 9.90 Å². The van der Waals surface area contributed by atoms with Gasteiger partial charge in [0.2, 0.25) is 0 Å². The predicted octanol–water partition coefficient (Wildman–Crippen LogP) is 2.44. The van der Waals surface area contributed by atoms with Crippen LogP contribution in [0.1, 0.15) is 61.0 Å². The Morgan fingerprint density at radius 1 is 1.21 bits per heavy atom. The third-order valence-corrected chi connectivity index (χ3v) is 4.98. The van der Waals surface area contributed by atoms with Crippen LogP contribution in [0.3, 0.4) is 0 Å². The molecule has 3 N–H and O–H groups in total. The lowest BCUT2D eigenvalue weighted by molar-refractivity contribution is 0.0900. The SMILES string of the molecule is CC1(C)Cc2c(sc3c2C(O)CC(C)(C)N3)C(=O)N1. The average Bonchev–Trinajstić information content (AvgIpc) is 2.52. The van der Waals surface area contributed by atoms with Gasteiger partial charge >= 0.3 is 0 Å². The maximum Gasteiger partial charge on any atom is 0.262 e. The van der Waals surface area contributed by atoms with Gasteiger partial charge in [0.05, 0.1) is 16.0 Å². The molecule has 0 saturated heterocycles. The van der Waals surface area contributed by atoms with Crippen LogP contribution in [-0.2, 0) is 6.42 Å². The minimum Gasteiger partial charge on any atom is -0.388 e. The molecule has 1 aromatic rings. The van der Waals surface area contributed by atoms with Crippen LogP contribution in [-0.4, -0.2) is 22.1 Å². The van der Waals surface area contributed by atoms with Crippen LogP contribution in [0.15, 0.2) is 0 Å². The highest BCUT2D eigenvalue weighted by Crippen LogP contribution is 2.47. The molecule has 0 bridgehead atoms. The maximum absolute atomic E-state index is 12.2. The van der Waals surface area contributed by atoms with Crippen molar-refractivity contribution in [2.75, 3.05) is 5.32 Å². The standard InChI is InChI=1S/C14H20N2O2S/c1-13(2)5-7-9-8(17)6-14(3,4)16-12(9)19-10(7)11(18)15-13/h8,16-17H,5-6H2,1-4H3,(H,15,18).